The first-order valence-corrected chi connectivity index (χ1v) is 8.82. The normalized spacial score (nSPS) is 13.9. The van der Waals surface area contributed by atoms with Crippen LogP contribution in [0.15, 0.2) is 46.9 Å². The van der Waals surface area contributed by atoms with E-state index in [1.165, 1.54) is 0 Å². The largest absolute Gasteiger partial charge is 0.466 e. The summed E-state index contributed by atoms with van der Waals surface area (Å²) in [4.78, 5) is 3.61. The lowest BCUT2D eigenvalue weighted by Gasteiger charge is -2.08. The highest BCUT2D eigenvalue weighted by Crippen LogP contribution is 2.40. The molecule has 0 aliphatic heterocycles. The van der Waals surface area contributed by atoms with Gasteiger partial charge in [0.1, 0.15) is 19.6 Å². The Balaban J connectivity index is 2.19. The molecule has 0 aliphatic rings. The Morgan fingerprint density at radius 1 is 1.15 bits per heavy atom. The third kappa shape index (κ3) is 2.69. The molecule has 0 N–H and O–H groups in total. The van der Waals surface area contributed by atoms with Crippen LogP contribution in [0.2, 0.25) is 0 Å². The zero-order chi connectivity index (χ0) is 22.8. The molecule has 0 fully saturated rings. The van der Waals surface area contributed by atoms with Gasteiger partial charge < -0.3 is 4.42 Å². The van der Waals surface area contributed by atoms with Crippen LogP contribution >= 0.6 is 0 Å². The lowest BCUT2D eigenvalue weighted by Crippen LogP contribution is -2.31. The predicted molar refractivity (Wildman–Crippen MR) is 110 cm³/mol. The number of rotatable bonds is 2. The fourth-order valence-electron chi connectivity index (χ4n) is 3.46. The Morgan fingerprint density at radius 2 is 1.93 bits per heavy atom. The van der Waals surface area contributed by atoms with E-state index < -0.39 is 5.89 Å². The summed E-state index contributed by atoms with van der Waals surface area (Å²) in [5.74, 6) is -1.18. The third-order valence-corrected chi connectivity index (χ3v) is 4.85. The van der Waals surface area contributed by atoms with Crippen LogP contribution in [0, 0.1) is 20.4 Å². The van der Waals surface area contributed by atoms with E-state index in [4.69, 9.17) is 16.5 Å². The van der Waals surface area contributed by atoms with Crippen molar-refractivity contribution in [2.24, 2.45) is 7.05 Å². The van der Waals surface area contributed by atoms with E-state index in [0.29, 0.717) is 28.1 Å². The van der Waals surface area contributed by atoms with Crippen molar-refractivity contribution in [3.05, 3.63) is 70.6 Å². The number of aromatic nitrogens is 1. The van der Waals surface area contributed by atoms with Crippen LogP contribution < -0.4 is 4.57 Å². The van der Waals surface area contributed by atoms with Crippen molar-refractivity contribution in [2.75, 3.05) is 0 Å². The average Bonchev–Trinajstić information content (AvgIpc) is 3.05. The lowest BCUT2D eigenvalue weighted by molar-refractivity contribution is -0.660. The Labute approximate surface area is 165 Å². The van der Waals surface area contributed by atoms with Gasteiger partial charge in [-0.3, -0.25) is 0 Å². The average molecular weight is 359 g/mol. The molecule has 4 rings (SSSR count). The molecule has 0 atom stereocenters. The highest BCUT2D eigenvalue weighted by molar-refractivity contribution is 6.13. The summed E-state index contributed by atoms with van der Waals surface area (Å²) >= 11 is 0. The molecule has 0 spiro atoms. The highest BCUT2D eigenvalue weighted by Gasteiger charge is 2.22. The molecule has 0 aliphatic carbocycles. The van der Waals surface area contributed by atoms with E-state index in [9.17, 15) is 0 Å². The molecular formula is C24H23N2O+. The summed E-state index contributed by atoms with van der Waals surface area (Å²) in [5.41, 5.74) is 4.50. The number of furan rings is 1. The van der Waals surface area contributed by atoms with Gasteiger partial charge in [-0.25, -0.2) is 9.41 Å². The summed E-state index contributed by atoms with van der Waals surface area (Å²) in [5, 5.41) is 1.66. The van der Waals surface area contributed by atoms with Crippen LogP contribution in [-0.2, 0) is 7.05 Å². The molecule has 3 heteroatoms. The number of nitrogens with zero attached hydrogens (tertiary/aromatic N) is 2. The van der Waals surface area contributed by atoms with Gasteiger partial charge in [-0.2, -0.15) is 0 Å². The van der Waals surface area contributed by atoms with Crippen LogP contribution in [0.1, 0.15) is 41.9 Å². The van der Waals surface area contributed by atoms with Crippen molar-refractivity contribution in [2.45, 2.75) is 33.6 Å². The molecule has 0 amide bonds. The van der Waals surface area contributed by atoms with E-state index in [-0.39, 0.29) is 23.8 Å². The second-order valence-corrected chi connectivity index (χ2v) is 7.15. The molecule has 0 radical (unpaired) electrons. The molecule has 27 heavy (non-hydrogen) atoms. The van der Waals surface area contributed by atoms with Gasteiger partial charge in [-0.1, -0.05) is 37.6 Å². The van der Waals surface area contributed by atoms with Gasteiger partial charge in [-0.15, -0.1) is 0 Å². The monoisotopic (exact) mass is 359 g/mol. The minimum absolute atomic E-state index is 0.0289. The second-order valence-electron chi connectivity index (χ2n) is 7.15. The van der Waals surface area contributed by atoms with E-state index >= 15 is 0 Å². The maximum atomic E-state index is 8.74. The van der Waals surface area contributed by atoms with Crippen molar-refractivity contribution in [1.29, 1.82) is 0 Å². The smallest absolute Gasteiger partial charge is 0.229 e. The highest BCUT2D eigenvalue weighted by atomic mass is 16.3. The first-order chi connectivity index (χ1) is 14.5. The summed E-state index contributed by atoms with van der Waals surface area (Å²) in [6, 6.07) is 7.47. The zero-order valence-corrected chi connectivity index (χ0v) is 16.1. The lowest BCUT2D eigenvalue weighted by atomic mass is 9.98. The van der Waals surface area contributed by atoms with Gasteiger partial charge in [-0.05, 0) is 37.4 Å². The molecule has 3 nitrogen and oxygen atoms in total. The minimum Gasteiger partial charge on any atom is -0.466 e. The van der Waals surface area contributed by atoms with Gasteiger partial charge in [0.15, 0.2) is 6.17 Å². The van der Waals surface area contributed by atoms with Gasteiger partial charge >= 0.3 is 0 Å². The van der Waals surface area contributed by atoms with E-state index in [1.54, 1.807) is 31.5 Å². The summed E-state index contributed by atoms with van der Waals surface area (Å²) in [6.45, 7) is 14.6. The first-order valence-electron chi connectivity index (χ1n) is 10.8. The Kier molecular flexibility index (Phi) is 3.03. The minimum atomic E-state index is -1.18. The van der Waals surface area contributed by atoms with Crippen molar-refractivity contribution >= 4 is 27.6 Å². The molecule has 134 valence electrons. The van der Waals surface area contributed by atoms with Crippen LogP contribution in [0.4, 0.5) is 5.69 Å². The van der Waals surface area contributed by atoms with Crippen molar-refractivity contribution in [3.63, 3.8) is 0 Å². The summed E-state index contributed by atoms with van der Waals surface area (Å²) in [7, 11) is 1.68. The van der Waals surface area contributed by atoms with Crippen LogP contribution in [0.3, 0.4) is 0 Å². The number of aryl methyl sites for hydroxylation is 2. The van der Waals surface area contributed by atoms with Crippen LogP contribution in [-0.4, -0.2) is 0 Å². The van der Waals surface area contributed by atoms with Crippen LogP contribution in [0.25, 0.3) is 38.0 Å². The zero-order valence-electron chi connectivity index (χ0n) is 20.1. The van der Waals surface area contributed by atoms with Gasteiger partial charge in [0.25, 0.3) is 0 Å². The molecule has 0 unspecified atom stereocenters. The Morgan fingerprint density at radius 3 is 2.63 bits per heavy atom. The number of hydrogen-bond acceptors (Lipinski definition) is 1. The van der Waals surface area contributed by atoms with E-state index in [0.717, 1.165) is 21.9 Å². The van der Waals surface area contributed by atoms with Gasteiger partial charge in [0.2, 0.25) is 11.4 Å². The number of benzene rings is 2. The topological polar surface area (TPSA) is 21.4 Å². The van der Waals surface area contributed by atoms with Crippen molar-refractivity contribution < 1.29 is 14.5 Å². The van der Waals surface area contributed by atoms with Crippen molar-refractivity contribution in [3.8, 4) is 11.3 Å². The van der Waals surface area contributed by atoms with Crippen molar-refractivity contribution in [1.82, 2.24) is 0 Å². The van der Waals surface area contributed by atoms with Crippen LogP contribution in [0.5, 0.6) is 0 Å². The fourth-order valence-corrected chi connectivity index (χ4v) is 3.46. The quantitative estimate of drug-likeness (QED) is 0.301. The standard InChI is InChI=1S/C24H23N2O/c1-14(2)17-8-10-21(26(6)13-17)22-16(4)7-9-18-19-11-15(3)12-20(25-5)23(19)27-24(18)22/h7-14H,1-4,6H3/q+1/i8D,10D,13D,14D. The molecular weight excluding hydrogens is 332 g/mol. The van der Waals surface area contributed by atoms with Gasteiger partial charge in [0.05, 0.1) is 14.9 Å². The maximum absolute atomic E-state index is 8.74. The van der Waals surface area contributed by atoms with E-state index in [2.05, 4.69) is 4.85 Å². The molecule has 2 aromatic heterocycles. The predicted octanol–water partition coefficient (Wildman–Crippen LogP) is 6.37. The molecule has 2 aromatic carbocycles. The number of fused-ring (bicyclic) bond motifs is 3. The Bertz CT molecular complexity index is 1410. The molecule has 2 heterocycles. The summed E-state index contributed by atoms with van der Waals surface area (Å²) < 4.78 is 42.0. The SMILES string of the molecule is [2H]c1c([2H])c(-c2c(C)ccc3c2oc2c([N+]#[C-])cc(C)cc23)[n+](C)c([2H])c1C([2H])(C)C. The molecule has 4 aromatic rings. The summed E-state index contributed by atoms with van der Waals surface area (Å²) in [6.07, 6.45) is 0.0289. The Hall–Kier alpha value is -3.12. The molecule has 0 saturated carbocycles. The molecule has 0 saturated heterocycles. The molecule has 0 bridgehead atoms. The first kappa shape index (κ1) is 13.1. The maximum Gasteiger partial charge on any atom is 0.229 e. The number of pyridine rings is 1. The second kappa shape index (κ2) is 6.25. The number of hydrogen-bond donors (Lipinski definition) is 0. The fraction of sp³-hybridized carbons (Fsp3) is 0.250. The van der Waals surface area contributed by atoms with E-state index in [1.807, 2.05) is 32.0 Å². The third-order valence-electron chi connectivity index (χ3n) is 4.85. The van der Waals surface area contributed by atoms with Gasteiger partial charge in [0, 0.05) is 23.7 Å².